The smallest absolute Gasteiger partial charge is 0.291 e. The summed E-state index contributed by atoms with van der Waals surface area (Å²) in [4.78, 5) is 12.3. The lowest BCUT2D eigenvalue weighted by atomic mass is 10.2. The van der Waals surface area contributed by atoms with Gasteiger partial charge in [0.15, 0.2) is 5.76 Å². The van der Waals surface area contributed by atoms with E-state index in [0.29, 0.717) is 27.8 Å². The molecule has 0 radical (unpaired) electrons. The van der Waals surface area contributed by atoms with E-state index < -0.39 is 0 Å². The van der Waals surface area contributed by atoms with E-state index in [1.807, 2.05) is 24.3 Å². The average Bonchev–Trinajstić information content (AvgIpc) is 3.10. The van der Waals surface area contributed by atoms with E-state index in [0.717, 1.165) is 5.39 Å². The fraction of sp³-hybridized carbons (Fsp3) is 0. The molecule has 1 aromatic heterocycles. The lowest BCUT2D eigenvalue weighted by Crippen LogP contribution is -2.10. The molecule has 0 saturated carbocycles. The highest BCUT2D eigenvalue weighted by molar-refractivity contribution is 6.30. The molecule has 1 heterocycles. The van der Waals surface area contributed by atoms with Crippen LogP contribution in [-0.2, 0) is 0 Å². The maximum atomic E-state index is 12.3. The Morgan fingerprint density at radius 2 is 1.54 bits per heavy atom. The van der Waals surface area contributed by atoms with Crippen LogP contribution < -0.4 is 10.1 Å². The second-order valence-corrected chi connectivity index (χ2v) is 6.12. The highest BCUT2D eigenvalue weighted by atomic mass is 35.5. The first-order valence-electron chi connectivity index (χ1n) is 8.01. The molecule has 3 aromatic carbocycles. The molecule has 26 heavy (non-hydrogen) atoms. The molecule has 5 heteroatoms. The van der Waals surface area contributed by atoms with Gasteiger partial charge in [-0.2, -0.15) is 0 Å². The van der Waals surface area contributed by atoms with Crippen molar-refractivity contribution in [1.29, 1.82) is 0 Å². The normalized spacial score (nSPS) is 10.7. The predicted octanol–water partition coefficient (Wildman–Crippen LogP) is 6.13. The predicted molar refractivity (Wildman–Crippen MR) is 102 cm³/mol. The minimum absolute atomic E-state index is 0.271. The molecule has 0 unspecified atom stereocenters. The van der Waals surface area contributed by atoms with Crippen molar-refractivity contribution in [3.63, 3.8) is 0 Å². The third kappa shape index (κ3) is 3.55. The van der Waals surface area contributed by atoms with E-state index in [4.69, 9.17) is 20.8 Å². The van der Waals surface area contributed by atoms with E-state index in [2.05, 4.69) is 5.32 Å². The van der Waals surface area contributed by atoms with Gasteiger partial charge in [-0.05, 0) is 60.7 Å². The second-order valence-electron chi connectivity index (χ2n) is 5.68. The Bertz CT molecular complexity index is 1020. The molecule has 1 N–H and O–H groups in total. The monoisotopic (exact) mass is 363 g/mol. The number of ether oxygens (including phenoxy) is 1. The average molecular weight is 364 g/mol. The zero-order valence-corrected chi connectivity index (χ0v) is 14.4. The standard InChI is InChI=1S/C21H14ClNO3/c22-15-5-9-17(10-6-15)25-18-11-7-16(8-12-18)23-21(24)20-13-14-3-1-2-4-19(14)26-20/h1-13H,(H,23,24). The van der Waals surface area contributed by atoms with Crippen molar-refractivity contribution in [2.45, 2.75) is 0 Å². The molecule has 4 rings (SSSR count). The number of anilines is 1. The number of rotatable bonds is 4. The van der Waals surface area contributed by atoms with Crippen LogP contribution in [0.25, 0.3) is 11.0 Å². The van der Waals surface area contributed by atoms with Gasteiger partial charge in [0.1, 0.15) is 17.1 Å². The first kappa shape index (κ1) is 16.2. The molecule has 0 spiro atoms. The van der Waals surface area contributed by atoms with Gasteiger partial charge in [-0.3, -0.25) is 4.79 Å². The van der Waals surface area contributed by atoms with E-state index in [1.165, 1.54) is 0 Å². The summed E-state index contributed by atoms with van der Waals surface area (Å²) in [7, 11) is 0. The third-order valence-corrected chi connectivity index (χ3v) is 4.06. The summed E-state index contributed by atoms with van der Waals surface area (Å²) in [5.41, 5.74) is 1.34. The Balaban J connectivity index is 1.44. The summed E-state index contributed by atoms with van der Waals surface area (Å²) < 4.78 is 11.3. The fourth-order valence-electron chi connectivity index (χ4n) is 2.53. The molecule has 0 aliphatic rings. The van der Waals surface area contributed by atoms with Gasteiger partial charge in [-0.15, -0.1) is 0 Å². The van der Waals surface area contributed by atoms with Crippen molar-refractivity contribution in [2.75, 3.05) is 5.32 Å². The van der Waals surface area contributed by atoms with Gasteiger partial charge in [-0.25, -0.2) is 0 Å². The molecule has 0 atom stereocenters. The van der Waals surface area contributed by atoms with Gasteiger partial charge in [0.2, 0.25) is 0 Å². The molecular weight excluding hydrogens is 350 g/mol. The van der Waals surface area contributed by atoms with Crippen LogP contribution >= 0.6 is 11.6 Å². The number of nitrogens with one attached hydrogen (secondary N) is 1. The van der Waals surface area contributed by atoms with Crippen LogP contribution in [0.2, 0.25) is 5.02 Å². The number of para-hydroxylation sites is 1. The number of amides is 1. The molecule has 4 nitrogen and oxygen atoms in total. The van der Waals surface area contributed by atoms with Crippen LogP contribution in [0, 0.1) is 0 Å². The molecular formula is C21H14ClNO3. The SMILES string of the molecule is O=C(Nc1ccc(Oc2ccc(Cl)cc2)cc1)c1cc2ccccc2o1. The lowest BCUT2D eigenvalue weighted by Gasteiger charge is -2.07. The molecule has 1 amide bonds. The molecule has 0 bridgehead atoms. The quantitative estimate of drug-likeness (QED) is 0.474. The Labute approximate surface area is 155 Å². The van der Waals surface area contributed by atoms with Crippen LogP contribution in [0.15, 0.2) is 83.3 Å². The van der Waals surface area contributed by atoms with E-state index in [9.17, 15) is 4.79 Å². The van der Waals surface area contributed by atoms with Gasteiger partial charge in [0.05, 0.1) is 0 Å². The van der Waals surface area contributed by atoms with E-state index >= 15 is 0 Å². The molecule has 0 aliphatic heterocycles. The van der Waals surface area contributed by atoms with Crippen molar-refractivity contribution in [1.82, 2.24) is 0 Å². The zero-order chi connectivity index (χ0) is 17.9. The Morgan fingerprint density at radius 3 is 2.23 bits per heavy atom. The van der Waals surface area contributed by atoms with Gasteiger partial charge in [-0.1, -0.05) is 29.8 Å². The second kappa shape index (κ2) is 6.94. The zero-order valence-electron chi connectivity index (χ0n) is 13.6. The van der Waals surface area contributed by atoms with Crippen LogP contribution in [0.4, 0.5) is 5.69 Å². The highest BCUT2D eigenvalue weighted by Crippen LogP contribution is 2.25. The number of halogens is 1. The molecule has 4 aromatic rings. The summed E-state index contributed by atoms with van der Waals surface area (Å²) in [5.74, 6) is 1.32. The molecule has 0 aliphatic carbocycles. The third-order valence-electron chi connectivity index (χ3n) is 3.81. The Hall–Kier alpha value is -3.24. The van der Waals surface area contributed by atoms with Crippen LogP contribution in [-0.4, -0.2) is 5.91 Å². The minimum atomic E-state index is -0.299. The van der Waals surface area contributed by atoms with Gasteiger partial charge >= 0.3 is 0 Å². The largest absolute Gasteiger partial charge is 0.457 e. The van der Waals surface area contributed by atoms with E-state index in [-0.39, 0.29) is 11.7 Å². The summed E-state index contributed by atoms with van der Waals surface area (Å²) in [6.45, 7) is 0. The number of hydrogen-bond acceptors (Lipinski definition) is 3. The van der Waals surface area contributed by atoms with Crippen LogP contribution in [0.3, 0.4) is 0 Å². The Morgan fingerprint density at radius 1 is 0.885 bits per heavy atom. The van der Waals surface area contributed by atoms with Crippen LogP contribution in [0.1, 0.15) is 10.6 Å². The highest BCUT2D eigenvalue weighted by Gasteiger charge is 2.12. The number of fused-ring (bicyclic) bond motifs is 1. The molecule has 0 saturated heterocycles. The number of hydrogen-bond donors (Lipinski definition) is 1. The van der Waals surface area contributed by atoms with E-state index in [1.54, 1.807) is 54.6 Å². The van der Waals surface area contributed by atoms with Crippen molar-refractivity contribution >= 4 is 34.2 Å². The first-order chi connectivity index (χ1) is 12.7. The van der Waals surface area contributed by atoms with Gasteiger partial charge < -0.3 is 14.5 Å². The van der Waals surface area contributed by atoms with Gasteiger partial charge in [0, 0.05) is 16.1 Å². The van der Waals surface area contributed by atoms with Crippen molar-refractivity contribution in [3.05, 3.63) is 89.6 Å². The number of benzene rings is 3. The summed E-state index contributed by atoms with van der Waals surface area (Å²) >= 11 is 5.86. The van der Waals surface area contributed by atoms with Gasteiger partial charge in [0.25, 0.3) is 5.91 Å². The number of furan rings is 1. The summed E-state index contributed by atoms with van der Waals surface area (Å²) in [5, 5.41) is 4.36. The van der Waals surface area contributed by atoms with Crippen molar-refractivity contribution in [3.8, 4) is 11.5 Å². The lowest BCUT2D eigenvalue weighted by molar-refractivity contribution is 0.0998. The van der Waals surface area contributed by atoms with Crippen molar-refractivity contribution < 1.29 is 13.9 Å². The minimum Gasteiger partial charge on any atom is -0.457 e. The fourth-order valence-corrected chi connectivity index (χ4v) is 2.66. The Kier molecular flexibility index (Phi) is 4.33. The topological polar surface area (TPSA) is 51.5 Å². The maximum absolute atomic E-state index is 12.3. The maximum Gasteiger partial charge on any atom is 0.291 e. The van der Waals surface area contributed by atoms with Crippen LogP contribution in [0.5, 0.6) is 11.5 Å². The number of carbonyl (C=O) groups excluding carboxylic acids is 1. The molecule has 0 fully saturated rings. The molecule has 128 valence electrons. The summed E-state index contributed by atoms with van der Waals surface area (Å²) in [6, 6.07) is 23.4. The number of carbonyl (C=O) groups is 1. The van der Waals surface area contributed by atoms with Crippen molar-refractivity contribution in [2.24, 2.45) is 0 Å². The summed E-state index contributed by atoms with van der Waals surface area (Å²) in [6.07, 6.45) is 0. The first-order valence-corrected chi connectivity index (χ1v) is 8.39.